The summed E-state index contributed by atoms with van der Waals surface area (Å²) in [6, 6.07) is 5.94. The van der Waals surface area contributed by atoms with E-state index in [-0.39, 0.29) is 48.6 Å². The average Bonchev–Trinajstić information content (AvgIpc) is 3.58. The van der Waals surface area contributed by atoms with Crippen LogP contribution in [0.15, 0.2) is 46.9 Å². The molecule has 2 aliphatic rings. The number of nitrogens with zero attached hydrogens (tertiary/aromatic N) is 2. The smallest absolute Gasteiger partial charge is 0.410 e. The average molecular weight is 629 g/mol. The lowest BCUT2D eigenvalue weighted by molar-refractivity contribution is -0.150. The van der Waals surface area contributed by atoms with E-state index < -0.39 is 73.5 Å². The van der Waals surface area contributed by atoms with E-state index in [4.69, 9.17) is 13.9 Å². The van der Waals surface area contributed by atoms with Crippen molar-refractivity contribution in [2.45, 2.75) is 62.5 Å². The van der Waals surface area contributed by atoms with Crippen molar-refractivity contribution in [1.82, 2.24) is 20.5 Å². The van der Waals surface area contributed by atoms with Crippen LogP contribution in [0.2, 0.25) is 0 Å². The van der Waals surface area contributed by atoms with Gasteiger partial charge in [0.2, 0.25) is 11.8 Å². The first kappa shape index (κ1) is 31.4. The molecule has 1 aromatic heterocycles. The summed E-state index contributed by atoms with van der Waals surface area (Å²) in [5.41, 5.74) is 0.448. The van der Waals surface area contributed by atoms with E-state index in [0.29, 0.717) is 5.56 Å². The molecule has 9 nitrogen and oxygen atoms in total. The fourth-order valence-electron chi connectivity index (χ4n) is 5.56. The quantitative estimate of drug-likeness (QED) is 0.266. The predicted molar refractivity (Wildman–Crippen MR) is 143 cm³/mol. The van der Waals surface area contributed by atoms with Crippen LogP contribution < -0.4 is 10.6 Å². The maximum atomic E-state index is 15.4. The van der Waals surface area contributed by atoms with Crippen LogP contribution in [0.25, 0.3) is 11.1 Å². The number of benzene rings is 2. The highest BCUT2D eigenvalue weighted by atomic mass is 19.4. The third kappa shape index (κ3) is 7.03. The van der Waals surface area contributed by atoms with Gasteiger partial charge in [-0.15, -0.1) is 0 Å². The number of aromatic nitrogens is 1. The molecule has 238 valence electrons. The molecule has 3 aromatic rings. The van der Waals surface area contributed by atoms with Crippen molar-refractivity contribution in [2.75, 3.05) is 20.3 Å². The summed E-state index contributed by atoms with van der Waals surface area (Å²) in [5, 5.41) is 4.51. The fourth-order valence-corrected chi connectivity index (χ4v) is 5.56. The molecular formula is C29H30F6N4O5. The fraction of sp³-hybridized carbons (Fsp3) is 0.483. The summed E-state index contributed by atoms with van der Waals surface area (Å²) >= 11 is 0. The zero-order valence-electron chi connectivity index (χ0n) is 23.5. The Labute approximate surface area is 247 Å². The number of carbonyl (C=O) groups excluding carboxylic acids is 2. The van der Waals surface area contributed by atoms with Crippen LogP contribution in [0.3, 0.4) is 0 Å². The van der Waals surface area contributed by atoms with E-state index in [1.54, 1.807) is 30.3 Å². The summed E-state index contributed by atoms with van der Waals surface area (Å²) in [5.74, 6) is -4.48. The number of nitrogens with one attached hydrogen (secondary N) is 2. The number of oxazole rings is 1. The molecule has 2 N–H and O–H groups in total. The molecule has 3 atom stereocenters. The molecule has 0 spiro atoms. The van der Waals surface area contributed by atoms with Crippen molar-refractivity contribution in [3.63, 3.8) is 0 Å². The third-order valence-corrected chi connectivity index (χ3v) is 7.89. The van der Waals surface area contributed by atoms with Gasteiger partial charge in [-0.3, -0.25) is 0 Å². The van der Waals surface area contributed by atoms with Gasteiger partial charge in [0, 0.05) is 20.0 Å². The molecule has 1 aliphatic carbocycles. The molecule has 3 amide bonds. The van der Waals surface area contributed by atoms with E-state index in [1.807, 2.05) is 5.32 Å². The molecular weight excluding hydrogens is 598 g/mol. The van der Waals surface area contributed by atoms with Crippen molar-refractivity contribution in [3.05, 3.63) is 65.3 Å². The zero-order valence-corrected chi connectivity index (χ0v) is 23.5. The Kier molecular flexibility index (Phi) is 8.95. The lowest BCUT2D eigenvalue weighted by atomic mass is 9.82. The number of alkyl halides is 5. The van der Waals surface area contributed by atoms with Crippen LogP contribution in [0.1, 0.15) is 54.8 Å². The lowest BCUT2D eigenvalue weighted by Crippen LogP contribution is -2.40. The summed E-state index contributed by atoms with van der Waals surface area (Å²) in [4.78, 5) is 30.5. The number of hydrogen-bond acceptors (Lipinski definition) is 6. The minimum Gasteiger partial charge on any atom is -0.445 e. The van der Waals surface area contributed by atoms with Gasteiger partial charge < -0.3 is 29.4 Å². The molecule has 2 fully saturated rings. The van der Waals surface area contributed by atoms with Gasteiger partial charge in [0.15, 0.2) is 11.4 Å². The Morgan fingerprint density at radius 2 is 1.91 bits per heavy atom. The SMILES string of the molecule is COC[C@@H](c1cc(F)c2oc([C@@H](NC(=O)OCc3ccccc3)C3CCC(F)(F)CC3)nc2c1)N1C[C@@H](C(F)(F)F)NC1=O. The molecule has 0 unspecified atom stereocenters. The number of fused-ring (bicyclic) bond motifs is 1. The topological polar surface area (TPSA) is 106 Å². The number of urea groups is 1. The van der Waals surface area contributed by atoms with Gasteiger partial charge in [0.1, 0.15) is 24.2 Å². The van der Waals surface area contributed by atoms with Gasteiger partial charge in [-0.1, -0.05) is 30.3 Å². The first-order valence-electron chi connectivity index (χ1n) is 13.9. The Morgan fingerprint density at radius 3 is 2.55 bits per heavy atom. The second kappa shape index (κ2) is 12.5. The van der Waals surface area contributed by atoms with E-state index in [0.717, 1.165) is 11.0 Å². The number of rotatable bonds is 9. The minimum absolute atomic E-state index is 0.0173. The molecule has 44 heavy (non-hydrogen) atoms. The van der Waals surface area contributed by atoms with Crippen LogP contribution in [0, 0.1) is 11.7 Å². The number of carbonyl (C=O) groups is 2. The molecule has 1 saturated heterocycles. The predicted octanol–water partition coefficient (Wildman–Crippen LogP) is 6.40. The van der Waals surface area contributed by atoms with Gasteiger partial charge in [-0.2, -0.15) is 13.2 Å². The summed E-state index contributed by atoms with van der Waals surface area (Å²) in [7, 11) is 1.28. The number of halogens is 6. The molecule has 1 saturated carbocycles. The van der Waals surface area contributed by atoms with E-state index >= 15 is 4.39 Å². The molecule has 5 rings (SSSR count). The molecule has 2 aromatic carbocycles. The Bertz CT molecular complexity index is 1470. The van der Waals surface area contributed by atoms with Crippen molar-refractivity contribution in [2.24, 2.45) is 5.92 Å². The van der Waals surface area contributed by atoms with E-state index in [1.165, 1.54) is 13.2 Å². The van der Waals surface area contributed by atoms with Crippen LogP contribution in [-0.2, 0) is 16.1 Å². The first-order valence-corrected chi connectivity index (χ1v) is 13.9. The second-order valence-electron chi connectivity index (χ2n) is 10.9. The number of hydrogen-bond donors (Lipinski definition) is 2. The summed E-state index contributed by atoms with van der Waals surface area (Å²) < 4.78 is 99.4. The number of methoxy groups -OCH3 is 1. The molecule has 0 bridgehead atoms. The molecule has 0 radical (unpaired) electrons. The third-order valence-electron chi connectivity index (χ3n) is 7.89. The van der Waals surface area contributed by atoms with Crippen LogP contribution in [0.5, 0.6) is 0 Å². The minimum atomic E-state index is -4.69. The Balaban J connectivity index is 1.43. The number of alkyl carbamates (subject to hydrolysis) is 1. The van der Waals surface area contributed by atoms with E-state index in [9.17, 15) is 31.5 Å². The second-order valence-corrected chi connectivity index (χ2v) is 10.9. The summed E-state index contributed by atoms with van der Waals surface area (Å²) in [6.07, 6.45) is -6.37. The van der Waals surface area contributed by atoms with Crippen LogP contribution >= 0.6 is 0 Å². The zero-order chi connectivity index (χ0) is 31.6. The normalized spacial score (nSPS) is 20.4. The standard InChI is InChI=1S/C29H30F6N4O5/c1-42-15-21(39-13-22(29(33,34)35)37-26(39)40)18-11-19(30)24-20(12-18)36-25(44-24)23(17-7-9-28(31,32)10-8-17)38-27(41)43-14-16-5-3-2-4-6-16/h2-6,11-12,17,21-23H,7-10,13-15H2,1H3,(H,37,40)(H,38,41)/t21-,22-,23-/m0/s1. The summed E-state index contributed by atoms with van der Waals surface area (Å²) in [6.45, 7) is -1.03. The van der Waals surface area contributed by atoms with Gasteiger partial charge in [0.05, 0.1) is 19.2 Å². The van der Waals surface area contributed by atoms with Crippen molar-refractivity contribution in [1.29, 1.82) is 0 Å². The van der Waals surface area contributed by atoms with Crippen molar-refractivity contribution in [3.8, 4) is 0 Å². The maximum Gasteiger partial charge on any atom is 0.410 e. The van der Waals surface area contributed by atoms with Crippen LogP contribution in [0.4, 0.5) is 35.9 Å². The van der Waals surface area contributed by atoms with Gasteiger partial charge in [0.25, 0.3) is 0 Å². The highest BCUT2D eigenvalue weighted by Crippen LogP contribution is 2.42. The number of ether oxygens (including phenoxy) is 2. The lowest BCUT2D eigenvalue weighted by Gasteiger charge is -2.32. The van der Waals surface area contributed by atoms with Crippen molar-refractivity contribution < 1.29 is 49.8 Å². The first-order chi connectivity index (χ1) is 20.8. The van der Waals surface area contributed by atoms with Gasteiger partial charge in [-0.25, -0.2) is 27.7 Å². The van der Waals surface area contributed by atoms with Crippen molar-refractivity contribution >= 4 is 23.2 Å². The number of amides is 3. The van der Waals surface area contributed by atoms with Gasteiger partial charge in [-0.05, 0) is 42.0 Å². The van der Waals surface area contributed by atoms with Crippen LogP contribution in [-0.4, -0.2) is 60.4 Å². The maximum absolute atomic E-state index is 15.4. The highest BCUT2D eigenvalue weighted by molar-refractivity contribution is 5.79. The Morgan fingerprint density at radius 1 is 1.20 bits per heavy atom. The largest absolute Gasteiger partial charge is 0.445 e. The van der Waals surface area contributed by atoms with Gasteiger partial charge >= 0.3 is 18.3 Å². The molecule has 2 heterocycles. The molecule has 15 heteroatoms. The Hall–Kier alpha value is -4.01. The molecule has 1 aliphatic heterocycles. The monoisotopic (exact) mass is 628 g/mol. The highest BCUT2D eigenvalue weighted by Gasteiger charge is 2.49. The van der Waals surface area contributed by atoms with E-state index in [2.05, 4.69) is 10.3 Å².